The van der Waals surface area contributed by atoms with Crippen LogP contribution in [0.25, 0.3) is 22.4 Å². The van der Waals surface area contributed by atoms with Gasteiger partial charge in [0.15, 0.2) is 10.8 Å². The van der Waals surface area contributed by atoms with Crippen LogP contribution in [0.1, 0.15) is 0 Å². The van der Waals surface area contributed by atoms with Crippen molar-refractivity contribution in [1.29, 1.82) is 0 Å². The third-order valence-corrected chi connectivity index (χ3v) is 6.06. The zero-order valence-electron chi connectivity index (χ0n) is 15.9. The summed E-state index contributed by atoms with van der Waals surface area (Å²) in [5, 5.41) is 16.5. The number of carbonyl (C=O) groups excluding carboxylic acids is 1. The number of aromatic nitrogens is 5. The van der Waals surface area contributed by atoms with E-state index in [1.54, 1.807) is 29.0 Å². The molecule has 5 aromatic rings. The summed E-state index contributed by atoms with van der Waals surface area (Å²) in [5.41, 5.74) is 3.63. The van der Waals surface area contributed by atoms with Gasteiger partial charge in [0.2, 0.25) is 5.91 Å². The Morgan fingerprint density at radius 1 is 1.06 bits per heavy atom. The van der Waals surface area contributed by atoms with E-state index in [0.29, 0.717) is 16.5 Å². The molecule has 0 saturated heterocycles. The summed E-state index contributed by atoms with van der Waals surface area (Å²) >= 11 is 4.67. The highest BCUT2D eigenvalue weighted by Crippen LogP contribution is 2.24. The smallest absolute Gasteiger partial charge is 0.234 e. The third-order valence-electron chi connectivity index (χ3n) is 4.59. The van der Waals surface area contributed by atoms with Gasteiger partial charge in [0.25, 0.3) is 0 Å². The van der Waals surface area contributed by atoms with Crippen LogP contribution in [-0.4, -0.2) is 35.9 Å². The van der Waals surface area contributed by atoms with Crippen molar-refractivity contribution in [1.82, 2.24) is 24.2 Å². The molecular weight excluding hydrogens is 483 g/mol. The molecule has 0 saturated carbocycles. The van der Waals surface area contributed by atoms with Crippen molar-refractivity contribution in [2.45, 2.75) is 5.16 Å². The molecule has 0 aliphatic carbocycles. The minimum absolute atomic E-state index is 0.131. The number of fused-ring (bicyclic) bond motifs is 3. The molecule has 0 radical (unpaired) electrons. The van der Waals surface area contributed by atoms with Crippen LogP contribution in [0.3, 0.4) is 0 Å². The topological polar surface area (TPSA) is 76.6 Å². The van der Waals surface area contributed by atoms with E-state index in [-0.39, 0.29) is 17.5 Å². The molecule has 0 fully saturated rings. The Hall–Kier alpha value is -3.24. The molecular formula is C21H14BrFN6OS. The summed E-state index contributed by atoms with van der Waals surface area (Å²) in [4.78, 5) is 12.3. The van der Waals surface area contributed by atoms with Gasteiger partial charge in [-0.3, -0.25) is 9.20 Å². The first-order chi connectivity index (χ1) is 15.1. The SMILES string of the molecule is O=C(CSc1nnc2c3cc(-c4ccc(F)cc4)nn3ccn12)Nc1ccc(Br)cc1. The fourth-order valence-electron chi connectivity index (χ4n) is 3.11. The molecule has 3 aromatic heterocycles. The largest absolute Gasteiger partial charge is 0.325 e. The summed E-state index contributed by atoms with van der Waals surface area (Å²) in [5.74, 6) is -0.228. The van der Waals surface area contributed by atoms with E-state index < -0.39 is 0 Å². The van der Waals surface area contributed by atoms with Crippen LogP contribution in [0.4, 0.5) is 10.1 Å². The number of carbonyl (C=O) groups is 1. The van der Waals surface area contributed by atoms with Crippen molar-refractivity contribution in [3.63, 3.8) is 0 Å². The van der Waals surface area contributed by atoms with Gasteiger partial charge >= 0.3 is 0 Å². The van der Waals surface area contributed by atoms with Gasteiger partial charge in [-0.15, -0.1) is 10.2 Å². The van der Waals surface area contributed by atoms with E-state index >= 15 is 0 Å². The van der Waals surface area contributed by atoms with Gasteiger partial charge in [-0.2, -0.15) is 5.10 Å². The summed E-state index contributed by atoms with van der Waals surface area (Å²) < 4.78 is 17.7. The van der Waals surface area contributed by atoms with Crippen molar-refractivity contribution in [2.75, 3.05) is 11.1 Å². The number of amides is 1. The van der Waals surface area contributed by atoms with E-state index in [1.807, 2.05) is 34.7 Å². The molecule has 31 heavy (non-hydrogen) atoms. The summed E-state index contributed by atoms with van der Waals surface area (Å²) in [6.45, 7) is 0. The van der Waals surface area contributed by atoms with Crippen molar-refractivity contribution in [2.24, 2.45) is 0 Å². The van der Waals surface area contributed by atoms with E-state index in [9.17, 15) is 9.18 Å². The van der Waals surface area contributed by atoms with E-state index in [1.165, 1.54) is 23.9 Å². The van der Waals surface area contributed by atoms with Crippen LogP contribution >= 0.6 is 27.7 Å². The van der Waals surface area contributed by atoms with Crippen LogP contribution in [0.2, 0.25) is 0 Å². The van der Waals surface area contributed by atoms with Gasteiger partial charge in [0, 0.05) is 28.1 Å². The first-order valence-electron chi connectivity index (χ1n) is 9.24. The summed E-state index contributed by atoms with van der Waals surface area (Å²) in [7, 11) is 0. The number of benzene rings is 2. The Bertz CT molecular complexity index is 1400. The molecule has 5 rings (SSSR count). The zero-order valence-corrected chi connectivity index (χ0v) is 18.3. The van der Waals surface area contributed by atoms with Crippen LogP contribution in [-0.2, 0) is 4.79 Å². The average molecular weight is 497 g/mol. The number of halogens is 2. The number of hydrogen-bond acceptors (Lipinski definition) is 5. The lowest BCUT2D eigenvalue weighted by Gasteiger charge is -2.04. The molecule has 2 aromatic carbocycles. The monoisotopic (exact) mass is 496 g/mol. The normalized spacial score (nSPS) is 11.3. The lowest BCUT2D eigenvalue weighted by Crippen LogP contribution is -2.14. The Kier molecular flexibility index (Phi) is 5.16. The second-order valence-electron chi connectivity index (χ2n) is 6.68. The molecule has 10 heteroatoms. The molecule has 3 heterocycles. The fourth-order valence-corrected chi connectivity index (χ4v) is 4.09. The number of rotatable bonds is 5. The number of anilines is 1. The van der Waals surface area contributed by atoms with Crippen LogP contribution in [0, 0.1) is 5.82 Å². The lowest BCUT2D eigenvalue weighted by molar-refractivity contribution is -0.113. The molecule has 1 N–H and O–H groups in total. The van der Waals surface area contributed by atoms with Crippen molar-refractivity contribution < 1.29 is 9.18 Å². The average Bonchev–Trinajstić information content (AvgIpc) is 3.38. The van der Waals surface area contributed by atoms with Gasteiger partial charge in [-0.05, 0) is 54.6 Å². The number of nitrogens with zero attached hydrogens (tertiary/aromatic N) is 5. The predicted molar refractivity (Wildman–Crippen MR) is 121 cm³/mol. The fraction of sp³-hybridized carbons (Fsp3) is 0.0476. The number of hydrogen-bond donors (Lipinski definition) is 1. The first kappa shape index (κ1) is 19.7. The maximum Gasteiger partial charge on any atom is 0.234 e. The number of thioether (sulfide) groups is 1. The van der Waals surface area contributed by atoms with Gasteiger partial charge in [-0.1, -0.05) is 27.7 Å². The highest BCUT2D eigenvalue weighted by Gasteiger charge is 2.14. The van der Waals surface area contributed by atoms with Crippen LogP contribution in [0.5, 0.6) is 0 Å². The van der Waals surface area contributed by atoms with Gasteiger partial charge in [0.05, 0.1) is 11.4 Å². The van der Waals surface area contributed by atoms with Crippen molar-refractivity contribution >= 4 is 50.5 Å². The minimum Gasteiger partial charge on any atom is -0.325 e. The molecule has 154 valence electrons. The first-order valence-corrected chi connectivity index (χ1v) is 11.0. The van der Waals surface area contributed by atoms with Gasteiger partial charge < -0.3 is 5.32 Å². The molecule has 1 amide bonds. The van der Waals surface area contributed by atoms with Crippen LogP contribution in [0.15, 0.2) is 76.6 Å². The minimum atomic E-state index is -0.293. The Labute approximate surface area is 188 Å². The summed E-state index contributed by atoms with van der Waals surface area (Å²) in [6.07, 6.45) is 3.60. The van der Waals surface area contributed by atoms with E-state index in [0.717, 1.165) is 21.2 Å². The molecule has 0 aliphatic heterocycles. The number of nitrogens with one attached hydrogen (secondary N) is 1. The highest BCUT2D eigenvalue weighted by atomic mass is 79.9. The maximum absolute atomic E-state index is 13.2. The predicted octanol–water partition coefficient (Wildman–Crippen LogP) is 4.68. The van der Waals surface area contributed by atoms with Gasteiger partial charge in [-0.25, -0.2) is 8.91 Å². The molecule has 0 atom stereocenters. The molecule has 0 spiro atoms. The maximum atomic E-state index is 13.2. The highest BCUT2D eigenvalue weighted by molar-refractivity contribution is 9.10. The zero-order chi connectivity index (χ0) is 21.4. The quantitative estimate of drug-likeness (QED) is 0.357. The second kappa shape index (κ2) is 8.12. The van der Waals surface area contributed by atoms with Gasteiger partial charge in [0.1, 0.15) is 11.3 Å². The standard InChI is InChI=1S/C21H14BrFN6OS/c22-14-3-7-16(8-4-14)24-19(30)12-31-21-26-25-20-18-11-17(13-1-5-15(23)6-2-13)27-29(18)10-9-28(20)21/h1-11H,12H2,(H,24,30). The van der Waals surface area contributed by atoms with Crippen LogP contribution < -0.4 is 5.32 Å². The van der Waals surface area contributed by atoms with E-state index in [2.05, 4.69) is 36.5 Å². The molecule has 0 aliphatic rings. The Morgan fingerprint density at radius 2 is 1.84 bits per heavy atom. The summed E-state index contributed by atoms with van der Waals surface area (Å²) in [6, 6.07) is 15.4. The Balaban J connectivity index is 1.36. The Morgan fingerprint density at radius 3 is 2.61 bits per heavy atom. The molecule has 7 nitrogen and oxygen atoms in total. The van der Waals surface area contributed by atoms with Crippen molar-refractivity contribution in [3.8, 4) is 11.3 Å². The van der Waals surface area contributed by atoms with Crippen molar-refractivity contribution in [3.05, 3.63) is 77.3 Å². The van der Waals surface area contributed by atoms with E-state index in [4.69, 9.17) is 0 Å². The second-order valence-corrected chi connectivity index (χ2v) is 8.54. The molecule has 0 bridgehead atoms. The lowest BCUT2D eigenvalue weighted by atomic mass is 10.1. The third kappa shape index (κ3) is 4.04. The molecule has 0 unspecified atom stereocenters.